The molecule has 0 spiro atoms. The Morgan fingerprint density at radius 2 is 2.12 bits per heavy atom. The van der Waals surface area contributed by atoms with Crippen molar-refractivity contribution in [1.82, 2.24) is 0 Å². The summed E-state index contributed by atoms with van der Waals surface area (Å²) in [6.07, 6.45) is 0.592. The molecule has 5 heteroatoms. The lowest BCUT2D eigenvalue weighted by Crippen LogP contribution is -2.17. The van der Waals surface area contributed by atoms with Crippen molar-refractivity contribution < 1.29 is 9.72 Å². The number of nitrogens with one attached hydrogen (secondary N) is 1. The second-order valence-electron chi connectivity index (χ2n) is 4.10. The van der Waals surface area contributed by atoms with Crippen molar-refractivity contribution in [3.8, 4) is 0 Å². The van der Waals surface area contributed by atoms with Gasteiger partial charge in [0.15, 0.2) is 0 Å². The second-order valence-corrected chi connectivity index (χ2v) is 4.10. The van der Waals surface area contributed by atoms with Gasteiger partial charge in [-0.15, -0.1) is 0 Å². The van der Waals surface area contributed by atoms with Crippen molar-refractivity contribution in [2.24, 2.45) is 5.92 Å². The third-order valence-corrected chi connectivity index (χ3v) is 2.45. The summed E-state index contributed by atoms with van der Waals surface area (Å²) in [5, 5.41) is 13.5. The molecule has 1 rings (SSSR count). The molecule has 5 nitrogen and oxygen atoms in total. The molecule has 1 N–H and O–H groups in total. The van der Waals surface area contributed by atoms with Crippen LogP contribution >= 0.6 is 0 Å². The van der Waals surface area contributed by atoms with E-state index in [9.17, 15) is 14.9 Å². The average molecular weight is 236 g/mol. The predicted molar refractivity (Wildman–Crippen MR) is 65.9 cm³/mol. The largest absolute Gasteiger partial charge is 0.326 e. The fourth-order valence-corrected chi connectivity index (χ4v) is 1.40. The molecule has 0 saturated carbocycles. The summed E-state index contributed by atoms with van der Waals surface area (Å²) in [6, 6.07) is 4.76. The molecular weight excluding hydrogens is 220 g/mol. The minimum atomic E-state index is -0.427. The van der Waals surface area contributed by atoms with Gasteiger partial charge >= 0.3 is 0 Å². The smallest absolute Gasteiger partial charge is 0.274 e. The van der Waals surface area contributed by atoms with Crippen molar-refractivity contribution in [2.75, 3.05) is 5.32 Å². The zero-order valence-corrected chi connectivity index (χ0v) is 10.2. The normalized spacial score (nSPS) is 10.4. The molecule has 0 radical (unpaired) electrons. The lowest BCUT2D eigenvalue weighted by atomic mass is 10.1. The van der Waals surface area contributed by atoms with Crippen LogP contribution in [0, 0.1) is 16.0 Å². The van der Waals surface area contributed by atoms with Crippen LogP contribution in [0.4, 0.5) is 11.4 Å². The third kappa shape index (κ3) is 3.27. The fraction of sp³-hybridized carbons (Fsp3) is 0.417. The Balaban J connectivity index is 3.00. The maximum Gasteiger partial charge on any atom is 0.274 e. The van der Waals surface area contributed by atoms with Crippen LogP contribution < -0.4 is 5.32 Å². The Hall–Kier alpha value is -1.91. The first-order chi connectivity index (χ1) is 7.95. The van der Waals surface area contributed by atoms with E-state index in [0.717, 1.165) is 0 Å². The second kappa shape index (κ2) is 5.43. The highest BCUT2D eigenvalue weighted by molar-refractivity contribution is 5.92. The number of rotatable bonds is 4. The van der Waals surface area contributed by atoms with E-state index in [0.29, 0.717) is 17.7 Å². The van der Waals surface area contributed by atoms with Crippen LogP contribution in [-0.4, -0.2) is 10.8 Å². The molecule has 0 saturated heterocycles. The van der Waals surface area contributed by atoms with Crippen molar-refractivity contribution >= 4 is 17.3 Å². The molecule has 1 amide bonds. The molecule has 0 aliphatic rings. The van der Waals surface area contributed by atoms with Gasteiger partial charge in [0.1, 0.15) is 0 Å². The van der Waals surface area contributed by atoms with Crippen LogP contribution in [0.3, 0.4) is 0 Å². The summed E-state index contributed by atoms with van der Waals surface area (Å²) in [4.78, 5) is 21.9. The molecule has 0 unspecified atom stereocenters. The van der Waals surface area contributed by atoms with E-state index in [-0.39, 0.29) is 17.5 Å². The Morgan fingerprint density at radius 1 is 1.47 bits per heavy atom. The van der Waals surface area contributed by atoms with Crippen LogP contribution in [0.15, 0.2) is 18.2 Å². The first kappa shape index (κ1) is 13.2. The van der Waals surface area contributed by atoms with Crippen molar-refractivity contribution in [1.29, 1.82) is 0 Å². The maximum absolute atomic E-state index is 11.5. The van der Waals surface area contributed by atoms with Gasteiger partial charge in [-0.25, -0.2) is 0 Å². The number of aryl methyl sites for hydroxylation is 1. The van der Waals surface area contributed by atoms with Gasteiger partial charge in [0.25, 0.3) is 5.69 Å². The third-order valence-electron chi connectivity index (χ3n) is 2.45. The molecule has 0 fully saturated rings. The van der Waals surface area contributed by atoms with Crippen molar-refractivity contribution in [3.05, 3.63) is 33.9 Å². The molecule has 0 aromatic heterocycles. The Bertz CT molecular complexity index is 441. The molecule has 0 atom stereocenters. The van der Waals surface area contributed by atoms with Crippen LogP contribution in [0.1, 0.15) is 26.3 Å². The van der Waals surface area contributed by atoms with Gasteiger partial charge in [0.05, 0.1) is 4.92 Å². The summed E-state index contributed by atoms with van der Waals surface area (Å²) in [6.45, 7) is 5.39. The molecule has 1 aromatic carbocycles. The minimum absolute atomic E-state index is 0.0501. The number of nitrogens with zero attached hydrogens (tertiary/aromatic N) is 1. The van der Waals surface area contributed by atoms with Crippen LogP contribution in [-0.2, 0) is 11.2 Å². The Labute approximate surface area is 100.0 Å². The summed E-state index contributed by atoms with van der Waals surface area (Å²) in [5.74, 6) is -0.302. The van der Waals surface area contributed by atoms with Crippen molar-refractivity contribution in [3.63, 3.8) is 0 Å². The van der Waals surface area contributed by atoms with Gasteiger partial charge < -0.3 is 5.32 Å². The molecule has 17 heavy (non-hydrogen) atoms. The summed E-state index contributed by atoms with van der Waals surface area (Å²) in [5.41, 5.74) is 1.18. The van der Waals surface area contributed by atoms with Gasteiger partial charge in [-0.05, 0) is 12.5 Å². The number of anilines is 1. The minimum Gasteiger partial charge on any atom is -0.326 e. The predicted octanol–water partition coefficient (Wildman–Crippen LogP) is 2.75. The van der Waals surface area contributed by atoms with E-state index in [4.69, 9.17) is 0 Å². The Kier molecular flexibility index (Phi) is 4.20. The maximum atomic E-state index is 11.5. The Morgan fingerprint density at radius 3 is 2.59 bits per heavy atom. The molecule has 0 heterocycles. The molecule has 0 aliphatic carbocycles. The highest BCUT2D eigenvalue weighted by Crippen LogP contribution is 2.23. The monoisotopic (exact) mass is 236 g/mol. The van der Waals surface area contributed by atoms with Crippen LogP contribution in [0.2, 0.25) is 0 Å². The van der Waals surface area contributed by atoms with E-state index >= 15 is 0 Å². The van der Waals surface area contributed by atoms with Gasteiger partial charge in [-0.1, -0.05) is 26.8 Å². The number of hydrogen-bond acceptors (Lipinski definition) is 3. The van der Waals surface area contributed by atoms with Gasteiger partial charge in [0, 0.05) is 23.2 Å². The highest BCUT2D eigenvalue weighted by Gasteiger charge is 2.14. The fourth-order valence-electron chi connectivity index (χ4n) is 1.40. The van der Waals surface area contributed by atoms with E-state index in [2.05, 4.69) is 5.32 Å². The zero-order valence-electron chi connectivity index (χ0n) is 10.2. The lowest BCUT2D eigenvalue weighted by molar-refractivity contribution is -0.385. The first-order valence-corrected chi connectivity index (χ1v) is 5.53. The van der Waals surface area contributed by atoms with E-state index in [1.165, 1.54) is 6.07 Å². The summed E-state index contributed by atoms with van der Waals surface area (Å²) >= 11 is 0. The number of benzene rings is 1. The van der Waals surface area contributed by atoms with Gasteiger partial charge in [-0.3, -0.25) is 14.9 Å². The number of nitro groups is 1. The van der Waals surface area contributed by atoms with Gasteiger partial charge in [0.2, 0.25) is 5.91 Å². The molecule has 92 valence electrons. The van der Waals surface area contributed by atoms with Crippen LogP contribution in [0.25, 0.3) is 0 Å². The number of nitro benzene ring substituents is 1. The highest BCUT2D eigenvalue weighted by atomic mass is 16.6. The van der Waals surface area contributed by atoms with E-state index < -0.39 is 4.92 Å². The molecule has 0 aliphatic heterocycles. The SMILES string of the molecule is CCc1ccc(NC(=O)C(C)C)cc1[N+](=O)[O-]. The van der Waals surface area contributed by atoms with Gasteiger partial charge in [-0.2, -0.15) is 0 Å². The zero-order chi connectivity index (χ0) is 13.0. The quantitative estimate of drug-likeness (QED) is 0.645. The number of amides is 1. The lowest BCUT2D eigenvalue weighted by Gasteiger charge is -2.08. The summed E-state index contributed by atoms with van der Waals surface area (Å²) in [7, 11) is 0. The number of carbonyl (C=O) groups is 1. The molecular formula is C12H16N2O3. The standard InChI is InChI=1S/C12H16N2O3/c1-4-9-5-6-10(7-11(9)14(16)17)13-12(15)8(2)3/h5-8H,4H2,1-3H3,(H,13,15). The summed E-state index contributed by atoms with van der Waals surface area (Å²) < 4.78 is 0. The number of hydrogen-bond donors (Lipinski definition) is 1. The number of carbonyl (C=O) groups excluding carboxylic acids is 1. The topological polar surface area (TPSA) is 72.2 Å². The molecule has 0 bridgehead atoms. The van der Waals surface area contributed by atoms with E-state index in [1.807, 2.05) is 6.92 Å². The first-order valence-electron chi connectivity index (χ1n) is 5.53. The van der Waals surface area contributed by atoms with Crippen LogP contribution in [0.5, 0.6) is 0 Å². The van der Waals surface area contributed by atoms with E-state index in [1.54, 1.807) is 26.0 Å². The van der Waals surface area contributed by atoms with Crippen molar-refractivity contribution in [2.45, 2.75) is 27.2 Å². The molecule has 1 aromatic rings. The average Bonchev–Trinajstić information content (AvgIpc) is 2.28.